The average Bonchev–Trinajstić information content (AvgIpc) is 2.82. The number of fused-ring (bicyclic) bond motifs is 1. The molecule has 0 saturated heterocycles. The third kappa shape index (κ3) is 2.74. The summed E-state index contributed by atoms with van der Waals surface area (Å²) < 4.78 is 2.01. The molecule has 0 atom stereocenters. The molecule has 2 nitrogen and oxygen atoms in total. The molecule has 0 aliphatic rings. The Bertz CT molecular complexity index is 811. The van der Waals surface area contributed by atoms with Gasteiger partial charge in [-0.1, -0.05) is 40.9 Å². The largest absolute Gasteiger partial charge is 0.296 e. The van der Waals surface area contributed by atoms with Gasteiger partial charge in [0.1, 0.15) is 11.3 Å². The van der Waals surface area contributed by atoms with Gasteiger partial charge in [-0.15, -0.1) is 11.6 Å². The standard InChI is InChI=1S/C15H10Cl4N2/c16-7-6-14-20-15-11(18)2-1-3-13(15)21(14)9-4-5-10(17)12(19)8-9/h1-5,8H,6-7H2. The first-order chi connectivity index (χ1) is 10.1. The summed E-state index contributed by atoms with van der Waals surface area (Å²) in [5.74, 6) is 1.31. The summed E-state index contributed by atoms with van der Waals surface area (Å²) in [6.45, 7) is 0. The molecule has 0 aliphatic heterocycles. The lowest BCUT2D eigenvalue weighted by atomic mass is 10.2. The highest BCUT2D eigenvalue weighted by molar-refractivity contribution is 6.42. The zero-order chi connectivity index (χ0) is 15.0. The predicted molar refractivity (Wildman–Crippen MR) is 90.5 cm³/mol. The molecule has 3 aromatic rings. The van der Waals surface area contributed by atoms with E-state index in [2.05, 4.69) is 4.98 Å². The summed E-state index contributed by atoms with van der Waals surface area (Å²) in [5.41, 5.74) is 2.56. The normalized spacial score (nSPS) is 11.2. The van der Waals surface area contributed by atoms with Crippen LogP contribution in [0, 0.1) is 0 Å². The Hall–Kier alpha value is -0.930. The lowest BCUT2D eigenvalue weighted by Gasteiger charge is -2.09. The van der Waals surface area contributed by atoms with Crippen molar-refractivity contribution in [1.82, 2.24) is 9.55 Å². The van der Waals surface area contributed by atoms with Gasteiger partial charge in [-0.3, -0.25) is 4.57 Å². The van der Waals surface area contributed by atoms with Crippen molar-refractivity contribution in [3.05, 3.63) is 57.3 Å². The highest BCUT2D eigenvalue weighted by Crippen LogP contribution is 2.30. The number of benzene rings is 2. The van der Waals surface area contributed by atoms with Crippen LogP contribution in [-0.2, 0) is 6.42 Å². The smallest absolute Gasteiger partial charge is 0.115 e. The number of para-hydroxylation sites is 1. The van der Waals surface area contributed by atoms with Crippen LogP contribution in [0.4, 0.5) is 0 Å². The van der Waals surface area contributed by atoms with E-state index >= 15 is 0 Å². The molecule has 0 amide bonds. The lowest BCUT2D eigenvalue weighted by molar-refractivity contribution is 0.912. The summed E-state index contributed by atoms with van der Waals surface area (Å²) in [6.07, 6.45) is 0.632. The summed E-state index contributed by atoms with van der Waals surface area (Å²) in [6, 6.07) is 11.2. The topological polar surface area (TPSA) is 17.8 Å². The van der Waals surface area contributed by atoms with E-state index in [0.29, 0.717) is 27.4 Å². The molecular formula is C15H10Cl4N2. The van der Waals surface area contributed by atoms with Gasteiger partial charge in [0.25, 0.3) is 0 Å². The first-order valence-electron chi connectivity index (χ1n) is 6.29. The van der Waals surface area contributed by atoms with E-state index < -0.39 is 0 Å². The Balaban J connectivity index is 2.30. The van der Waals surface area contributed by atoms with Crippen molar-refractivity contribution >= 4 is 57.4 Å². The van der Waals surface area contributed by atoms with Crippen molar-refractivity contribution in [2.24, 2.45) is 0 Å². The van der Waals surface area contributed by atoms with Crippen molar-refractivity contribution < 1.29 is 0 Å². The van der Waals surface area contributed by atoms with Gasteiger partial charge in [0.05, 0.1) is 20.6 Å². The Labute approximate surface area is 142 Å². The van der Waals surface area contributed by atoms with Crippen LogP contribution in [0.25, 0.3) is 16.7 Å². The third-order valence-electron chi connectivity index (χ3n) is 3.18. The number of aromatic nitrogens is 2. The fraction of sp³-hybridized carbons (Fsp3) is 0.133. The van der Waals surface area contributed by atoms with Crippen LogP contribution in [0.2, 0.25) is 15.1 Å². The molecule has 1 aromatic heterocycles. The van der Waals surface area contributed by atoms with Crippen molar-refractivity contribution in [3.63, 3.8) is 0 Å². The molecule has 0 bridgehead atoms. The molecule has 21 heavy (non-hydrogen) atoms. The second-order valence-electron chi connectivity index (χ2n) is 4.51. The number of aryl methyl sites for hydroxylation is 1. The highest BCUT2D eigenvalue weighted by Gasteiger charge is 2.14. The van der Waals surface area contributed by atoms with E-state index in [1.807, 2.05) is 34.9 Å². The van der Waals surface area contributed by atoms with Crippen LogP contribution < -0.4 is 0 Å². The van der Waals surface area contributed by atoms with Gasteiger partial charge in [-0.05, 0) is 30.3 Å². The number of hydrogen-bond donors (Lipinski definition) is 0. The van der Waals surface area contributed by atoms with Gasteiger partial charge < -0.3 is 0 Å². The summed E-state index contributed by atoms with van der Waals surface area (Å²) in [7, 11) is 0. The van der Waals surface area contributed by atoms with Crippen LogP contribution in [0.1, 0.15) is 5.82 Å². The number of imidazole rings is 1. The van der Waals surface area contributed by atoms with Crippen LogP contribution >= 0.6 is 46.4 Å². The predicted octanol–water partition coefficient (Wildman–Crippen LogP) is 5.77. The molecule has 108 valence electrons. The van der Waals surface area contributed by atoms with Crippen LogP contribution in [0.15, 0.2) is 36.4 Å². The molecule has 3 rings (SSSR count). The number of rotatable bonds is 3. The third-order valence-corrected chi connectivity index (χ3v) is 4.42. The Kier molecular flexibility index (Phi) is 4.32. The first-order valence-corrected chi connectivity index (χ1v) is 7.96. The average molecular weight is 360 g/mol. The van der Waals surface area contributed by atoms with E-state index in [4.69, 9.17) is 46.4 Å². The molecule has 0 unspecified atom stereocenters. The maximum Gasteiger partial charge on any atom is 0.115 e. The monoisotopic (exact) mass is 358 g/mol. The molecule has 0 aliphatic carbocycles. The maximum absolute atomic E-state index is 6.23. The number of alkyl halides is 1. The number of hydrogen-bond acceptors (Lipinski definition) is 1. The Morgan fingerprint density at radius 3 is 2.48 bits per heavy atom. The summed E-state index contributed by atoms with van der Waals surface area (Å²) >= 11 is 24.2. The first kappa shape index (κ1) is 15.0. The minimum Gasteiger partial charge on any atom is -0.296 e. The molecule has 0 fully saturated rings. The van der Waals surface area contributed by atoms with Crippen LogP contribution in [0.5, 0.6) is 0 Å². The van der Waals surface area contributed by atoms with E-state index in [1.54, 1.807) is 6.07 Å². The van der Waals surface area contributed by atoms with E-state index in [1.165, 1.54) is 0 Å². The molecule has 0 radical (unpaired) electrons. The van der Waals surface area contributed by atoms with Gasteiger partial charge in [0.15, 0.2) is 0 Å². The van der Waals surface area contributed by atoms with Crippen LogP contribution in [-0.4, -0.2) is 15.4 Å². The van der Waals surface area contributed by atoms with Crippen molar-refractivity contribution in [3.8, 4) is 5.69 Å². The van der Waals surface area contributed by atoms with Crippen molar-refractivity contribution in [2.75, 3.05) is 5.88 Å². The second kappa shape index (κ2) is 6.05. The number of nitrogens with zero attached hydrogens (tertiary/aromatic N) is 2. The fourth-order valence-corrected chi connectivity index (χ4v) is 2.95. The maximum atomic E-state index is 6.23. The molecule has 6 heteroatoms. The molecule has 0 saturated carbocycles. The van der Waals surface area contributed by atoms with Gasteiger partial charge >= 0.3 is 0 Å². The van der Waals surface area contributed by atoms with Gasteiger partial charge in [0, 0.05) is 18.0 Å². The van der Waals surface area contributed by atoms with Gasteiger partial charge in [0.2, 0.25) is 0 Å². The Morgan fingerprint density at radius 2 is 1.76 bits per heavy atom. The second-order valence-corrected chi connectivity index (χ2v) is 6.11. The van der Waals surface area contributed by atoms with E-state index in [0.717, 1.165) is 22.5 Å². The fourth-order valence-electron chi connectivity index (χ4n) is 2.28. The highest BCUT2D eigenvalue weighted by atomic mass is 35.5. The van der Waals surface area contributed by atoms with Gasteiger partial charge in [-0.25, -0.2) is 4.98 Å². The quantitative estimate of drug-likeness (QED) is 0.543. The minimum absolute atomic E-state index is 0.474. The molecule has 0 N–H and O–H groups in total. The zero-order valence-electron chi connectivity index (χ0n) is 10.8. The van der Waals surface area contributed by atoms with Crippen LogP contribution in [0.3, 0.4) is 0 Å². The Morgan fingerprint density at radius 1 is 0.952 bits per heavy atom. The summed E-state index contributed by atoms with van der Waals surface area (Å²) in [5, 5.41) is 1.62. The van der Waals surface area contributed by atoms with Crippen molar-refractivity contribution in [2.45, 2.75) is 6.42 Å². The molecule has 1 heterocycles. The van der Waals surface area contributed by atoms with Gasteiger partial charge in [-0.2, -0.15) is 0 Å². The van der Waals surface area contributed by atoms with E-state index in [-0.39, 0.29) is 0 Å². The van der Waals surface area contributed by atoms with Crippen molar-refractivity contribution in [1.29, 1.82) is 0 Å². The number of halogens is 4. The minimum atomic E-state index is 0.474. The molecular weight excluding hydrogens is 350 g/mol. The zero-order valence-corrected chi connectivity index (χ0v) is 13.8. The summed E-state index contributed by atoms with van der Waals surface area (Å²) in [4.78, 5) is 4.60. The van der Waals surface area contributed by atoms with E-state index in [9.17, 15) is 0 Å². The molecule has 0 spiro atoms. The molecule has 2 aromatic carbocycles. The SMILES string of the molecule is ClCCc1nc2c(Cl)cccc2n1-c1ccc(Cl)c(Cl)c1. The lowest BCUT2D eigenvalue weighted by Crippen LogP contribution is -2.02.